The molecule has 0 unspecified atom stereocenters. The lowest BCUT2D eigenvalue weighted by Gasteiger charge is -2.07. The summed E-state index contributed by atoms with van der Waals surface area (Å²) >= 11 is 5.89. The van der Waals surface area contributed by atoms with Gasteiger partial charge in [0.25, 0.3) is 5.56 Å². The highest BCUT2D eigenvalue weighted by molar-refractivity contribution is 6.30. The molecule has 1 N–H and O–H groups in total. The van der Waals surface area contributed by atoms with Crippen LogP contribution >= 0.6 is 11.6 Å². The van der Waals surface area contributed by atoms with Gasteiger partial charge in [0, 0.05) is 18.8 Å². The quantitative estimate of drug-likeness (QED) is 0.859. The van der Waals surface area contributed by atoms with Gasteiger partial charge >= 0.3 is 5.69 Å². The Bertz CT molecular complexity index is 742. The molecule has 20 heavy (non-hydrogen) atoms. The van der Waals surface area contributed by atoms with Crippen LogP contribution in [0.25, 0.3) is 0 Å². The number of aryl methyl sites for hydroxylation is 2. The molecule has 0 spiro atoms. The fourth-order valence-electron chi connectivity index (χ4n) is 2.22. The highest BCUT2D eigenvalue weighted by Crippen LogP contribution is 2.09. The minimum Gasteiger partial charge on any atom is -0.297 e. The molecule has 0 bridgehead atoms. The van der Waals surface area contributed by atoms with Crippen LogP contribution in [0.3, 0.4) is 0 Å². The second-order valence-electron chi connectivity index (χ2n) is 4.60. The Hall–Kier alpha value is -1.82. The van der Waals surface area contributed by atoms with Gasteiger partial charge in [-0.1, -0.05) is 25.4 Å². The number of H-pyrrole nitrogens is 1. The van der Waals surface area contributed by atoms with Crippen LogP contribution in [0.15, 0.2) is 15.8 Å². The average Bonchev–Trinajstić information content (AvgIpc) is 2.75. The van der Waals surface area contributed by atoms with Crippen molar-refractivity contribution in [2.45, 2.75) is 33.2 Å². The van der Waals surface area contributed by atoms with Crippen LogP contribution in [-0.2, 0) is 26.4 Å². The molecule has 0 amide bonds. The van der Waals surface area contributed by atoms with Crippen molar-refractivity contribution in [3.05, 3.63) is 49.0 Å². The van der Waals surface area contributed by atoms with Gasteiger partial charge in [0.2, 0.25) is 0 Å². The molecule has 0 aliphatic heterocycles. The third kappa shape index (κ3) is 2.56. The van der Waals surface area contributed by atoms with Crippen LogP contribution in [0.2, 0.25) is 5.15 Å². The highest BCUT2D eigenvalue weighted by Gasteiger charge is 2.14. The van der Waals surface area contributed by atoms with Crippen LogP contribution in [0, 0.1) is 0 Å². The molecule has 0 aromatic carbocycles. The van der Waals surface area contributed by atoms with E-state index in [9.17, 15) is 9.59 Å². The molecule has 0 atom stereocenters. The summed E-state index contributed by atoms with van der Waals surface area (Å²) in [6.45, 7) is 4.01. The van der Waals surface area contributed by atoms with Crippen molar-refractivity contribution in [2.24, 2.45) is 7.05 Å². The van der Waals surface area contributed by atoms with E-state index in [1.807, 2.05) is 27.1 Å². The number of hydrogen-bond acceptors (Lipinski definition) is 3. The molecule has 2 aromatic rings. The molecule has 108 valence electrons. The van der Waals surface area contributed by atoms with E-state index in [0.717, 1.165) is 17.7 Å². The van der Waals surface area contributed by atoms with Crippen molar-refractivity contribution in [3.63, 3.8) is 0 Å². The summed E-state index contributed by atoms with van der Waals surface area (Å²) in [5.74, 6) is 0. The molecule has 0 saturated heterocycles. The first-order chi connectivity index (χ1) is 9.47. The highest BCUT2D eigenvalue weighted by atomic mass is 35.5. The molecule has 2 rings (SSSR count). The fraction of sp³-hybridized carbons (Fsp3) is 0.462. The lowest BCUT2D eigenvalue weighted by Crippen LogP contribution is -2.37. The Kier molecular flexibility index (Phi) is 4.13. The summed E-state index contributed by atoms with van der Waals surface area (Å²) in [5, 5.41) is 4.43. The van der Waals surface area contributed by atoms with Gasteiger partial charge in [-0.15, -0.1) is 0 Å². The monoisotopic (exact) mass is 296 g/mol. The van der Waals surface area contributed by atoms with E-state index in [1.165, 1.54) is 4.57 Å². The number of nitrogens with one attached hydrogen (secondary N) is 1. The van der Waals surface area contributed by atoms with Crippen molar-refractivity contribution in [3.8, 4) is 0 Å². The number of aromatic nitrogens is 4. The van der Waals surface area contributed by atoms with E-state index in [0.29, 0.717) is 12.0 Å². The van der Waals surface area contributed by atoms with Crippen LogP contribution in [0.5, 0.6) is 0 Å². The van der Waals surface area contributed by atoms with Gasteiger partial charge < -0.3 is 0 Å². The Morgan fingerprint density at radius 2 is 2.00 bits per heavy atom. The number of nitrogens with zero attached hydrogens (tertiary/aromatic N) is 3. The topological polar surface area (TPSA) is 72.7 Å². The first kappa shape index (κ1) is 14.6. The Balaban J connectivity index is 2.54. The summed E-state index contributed by atoms with van der Waals surface area (Å²) in [6.07, 6.45) is 3.05. The van der Waals surface area contributed by atoms with Gasteiger partial charge in [0.05, 0.1) is 17.8 Å². The third-order valence-electron chi connectivity index (χ3n) is 3.24. The Morgan fingerprint density at radius 1 is 1.30 bits per heavy atom. The van der Waals surface area contributed by atoms with E-state index in [1.54, 1.807) is 4.68 Å². The van der Waals surface area contributed by atoms with E-state index < -0.39 is 5.69 Å². The van der Waals surface area contributed by atoms with Gasteiger partial charge in [0.1, 0.15) is 5.15 Å². The zero-order valence-electron chi connectivity index (χ0n) is 11.7. The van der Waals surface area contributed by atoms with E-state index in [-0.39, 0.29) is 17.3 Å². The molecule has 2 aromatic heterocycles. The predicted molar refractivity (Wildman–Crippen MR) is 77.4 cm³/mol. The second kappa shape index (κ2) is 5.66. The fourth-order valence-corrected chi connectivity index (χ4v) is 2.51. The first-order valence-electron chi connectivity index (χ1n) is 6.50. The molecular weight excluding hydrogens is 280 g/mol. The minimum atomic E-state index is -0.497. The predicted octanol–water partition coefficient (Wildman–Crippen LogP) is 1.10. The lowest BCUT2D eigenvalue weighted by molar-refractivity contribution is 0.681. The number of rotatable bonds is 4. The number of aromatic amines is 1. The maximum Gasteiger partial charge on any atom is 0.329 e. The van der Waals surface area contributed by atoms with Crippen molar-refractivity contribution in [2.75, 3.05) is 0 Å². The number of halogens is 1. The number of hydrogen-bond donors (Lipinski definition) is 1. The van der Waals surface area contributed by atoms with E-state index in [2.05, 4.69) is 10.1 Å². The smallest absolute Gasteiger partial charge is 0.297 e. The average molecular weight is 297 g/mol. The SMILES string of the molecule is CCc1nn(C)cc1Cn1c(=O)[nH]c(Cl)c(CC)c1=O. The van der Waals surface area contributed by atoms with Crippen molar-refractivity contribution < 1.29 is 0 Å². The molecule has 0 aliphatic rings. The molecule has 0 aliphatic carbocycles. The zero-order valence-corrected chi connectivity index (χ0v) is 12.5. The molecular formula is C13H17ClN4O2. The molecule has 0 saturated carbocycles. The van der Waals surface area contributed by atoms with Gasteiger partial charge in [0.15, 0.2) is 0 Å². The van der Waals surface area contributed by atoms with Gasteiger partial charge in [-0.25, -0.2) is 4.79 Å². The lowest BCUT2D eigenvalue weighted by atomic mass is 10.2. The molecule has 6 nitrogen and oxygen atoms in total. The normalized spacial score (nSPS) is 11.0. The minimum absolute atomic E-state index is 0.126. The largest absolute Gasteiger partial charge is 0.329 e. The van der Waals surface area contributed by atoms with Crippen molar-refractivity contribution in [1.29, 1.82) is 0 Å². The first-order valence-corrected chi connectivity index (χ1v) is 6.88. The molecule has 7 heteroatoms. The van der Waals surface area contributed by atoms with Gasteiger partial charge in [-0.05, 0) is 12.8 Å². The molecule has 0 radical (unpaired) electrons. The summed E-state index contributed by atoms with van der Waals surface area (Å²) in [4.78, 5) is 26.7. The third-order valence-corrected chi connectivity index (χ3v) is 3.56. The summed E-state index contributed by atoms with van der Waals surface area (Å²) in [6, 6.07) is 0. The Morgan fingerprint density at radius 3 is 2.60 bits per heavy atom. The maximum atomic E-state index is 12.3. The van der Waals surface area contributed by atoms with Crippen LogP contribution in [0.4, 0.5) is 0 Å². The standard InChI is InChI=1S/C13H17ClN4O2/c1-4-9-11(14)15-13(20)18(12(9)19)7-8-6-17(3)16-10(8)5-2/h6H,4-5,7H2,1-3H3,(H,15,20). The van der Waals surface area contributed by atoms with Gasteiger partial charge in [-0.2, -0.15) is 5.10 Å². The zero-order chi connectivity index (χ0) is 14.9. The van der Waals surface area contributed by atoms with Crippen LogP contribution < -0.4 is 11.2 Å². The Labute approximate surface area is 121 Å². The summed E-state index contributed by atoms with van der Waals surface area (Å²) < 4.78 is 2.85. The maximum absolute atomic E-state index is 12.3. The molecule has 2 heterocycles. The second-order valence-corrected chi connectivity index (χ2v) is 4.97. The summed E-state index contributed by atoms with van der Waals surface area (Å²) in [5.41, 5.74) is 1.34. The summed E-state index contributed by atoms with van der Waals surface area (Å²) in [7, 11) is 1.81. The van der Waals surface area contributed by atoms with Crippen molar-refractivity contribution >= 4 is 11.6 Å². The van der Waals surface area contributed by atoms with E-state index >= 15 is 0 Å². The van der Waals surface area contributed by atoms with Crippen LogP contribution in [-0.4, -0.2) is 19.3 Å². The van der Waals surface area contributed by atoms with Crippen molar-refractivity contribution in [1.82, 2.24) is 19.3 Å². The van der Waals surface area contributed by atoms with Gasteiger partial charge in [-0.3, -0.25) is 19.0 Å². The van der Waals surface area contributed by atoms with E-state index in [4.69, 9.17) is 11.6 Å². The van der Waals surface area contributed by atoms with Crippen LogP contribution in [0.1, 0.15) is 30.7 Å². The molecule has 0 fully saturated rings.